The third-order valence-electron chi connectivity index (χ3n) is 2.29. The molecule has 66 valence electrons. The molecule has 2 unspecified atom stereocenters. The number of rotatable bonds is 4. The number of likely N-dealkylation sites (N-methyl/N-ethyl adjacent to an activating group) is 2. The van der Waals surface area contributed by atoms with Gasteiger partial charge in [0.25, 0.3) is 0 Å². The van der Waals surface area contributed by atoms with Crippen molar-refractivity contribution in [2.45, 2.75) is 37.7 Å². The molecule has 2 N–H and O–H groups in total. The first kappa shape index (κ1) is 9.30. The Kier molecular flexibility index (Phi) is 2.79. The van der Waals surface area contributed by atoms with Crippen LogP contribution in [0, 0.1) is 0 Å². The van der Waals surface area contributed by atoms with Crippen LogP contribution in [0.1, 0.15) is 20.8 Å². The average molecular weight is 177 g/mol. The first-order valence-corrected chi connectivity index (χ1v) is 4.68. The van der Waals surface area contributed by atoms with Crippen molar-refractivity contribution in [2.75, 3.05) is 13.1 Å². The Morgan fingerprint density at radius 2 is 1.55 bits per heavy atom. The fraction of sp³-hybridized carbons (Fsp3) is 1.00. The molecule has 0 aliphatic heterocycles. The molecule has 2 atom stereocenters. The highest BCUT2D eigenvalue weighted by atomic mass is 35.5. The zero-order chi connectivity index (χ0) is 8.48. The molecule has 1 aliphatic carbocycles. The van der Waals surface area contributed by atoms with Crippen molar-refractivity contribution in [3.8, 4) is 0 Å². The highest BCUT2D eigenvalue weighted by molar-refractivity contribution is 6.27. The van der Waals surface area contributed by atoms with E-state index in [1.54, 1.807) is 0 Å². The van der Waals surface area contributed by atoms with Gasteiger partial charge in [-0.2, -0.15) is 0 Å². The highest BCUT2D eigenvalue weighted by Crippen LogP contribution is 2.42. The molecule has 0 spiro atoms. The zero-order valence-electron chi connectivity index (χ0n) is 7.45. The largest absolute Gasteiger partial charge is 0.311 e. The van der Waals surface area contributed by atoms with E-state index in [4.69, 9.17) is 11.6 Å². The van der Waals surface area contributed by atoms with Crippen LogP contribution in [-0.2, 0) is 0 Å². The van der Waals surface area contributed by atoms with Crippen LogP contribution in [0.4, 0.5) is 0 Å². The molecule has 0 saturated heterocycles. The SMILES string of the molecule is CCNC1C(NCC)C1(C)Cl. The quantitative estimate of drug-likeness (QED) is 0.624. The predicted octanol–water partition coefficient (Wildman–Crippen LogP) is 0.954. The van der Waals surface area contributed by atoms with Crippen LogP contribution in [0.25, 0.3) is 0 Å². The van der Waals surface area contributed by atoms with Gasteiger partial charge in [-0.3, -0.25) is 0 Å². The fourth-order valence-corrected chi connectivity index (χ4v) is 1.90. The maximum atomic E-state index is 6.21. The van der Waals surface area contributed by atoms with Crippen LogP contribution in [0.5, 0.6) is 0 Å². The summed E-state index contributed by atoms with van der Waals surface area (Å²) in [5.74, 6) is 0. The van der Waals surface area contributed by atoms with Gasteiger partial charge in [0.1, 0.15) is 0 Å². The third kappa shape index (κ3) is 1.68. The highest BCUT2D eigenvalue weighted by Gasteiger charge is 2.59. The first-order valence-electron chi connectivity index (χ1n) is 4.30. The fourth-order valence-electron chi connectivity index (χ4n) is 1.56. The third-order valence-corrected chi connectivity index (χ3v) is 2.76. The number of nitrogens with one attached hydrogen (secondary N) is 2. The molecule has 0 aromatic rings. The molecule has 0 aromatic heterocycles. The van der Waals surface area contributed by atoms with E-state index < -0.39 is 0 Å². The molecular weight excluding hydrogens is 160 g/mol. The molecule has 1 rings (SSSR count). The molecule has 3 heteroatoms. The van der Waals surface area contributed by atoms with Crippen molar-refractivity contribution in [2.24, 2.45) is 0 Å². The minimum atomic E-state index is -0.0635. The predicted molar refractivity (Wildman–Crippen MR) is 49.2 cm³/mol. The molecule has 1 fully saturated rings. The van der Waals surface area contributed by atoms with E-state index in [0.717, 1.165) is 13.1 Å². The standard InChI is InChI=1S/C8H17ClN2/c1-4-10-6-7(11-5-2)8(6,3)9/h6-7,10-11H,4-5H2,1-3H3. The Balaban J connectivity index is 2.34. The van der Waals surface area contributed by atoms with E-state index in [0.29, 0.717) is 12.1 Å². The van der Waals surface area contributed by atoms with Gasteiger partial charge in [0, 0.05) is 12.1 Å². The molecule has 2 nitrogen and oxygen atoms in total. The number of hydrogen-bond donors (Lipinski definition) is 2. The van der Waals surface area contributed by atoms with Crippen molar-refractivity contribution in [3.63, 3.8) is 0 Å². The molecule has 0 radical (unpaired) electrons. The maximum Gasteiger partial charge on any atom is 0.0755 e. The van der Waals surface area contributed by atoms with Gasteiger partial charge in [0.15, 0.2) is 0 Å². The van der Waals surface area contributed by atoms with E-state index in [1.165, 1.54) is 0 Å². The zero-order valence-corrected chi connectivity index (χ0v) is 8.20. The minimum Gasteiger partial charge on any atom is -0.311 e. The summed E-state index contributed by atoms with van der Waals surface area (Å²) < 4.78 is 0. The van der Waals surface area contributed by atoms with E-state index >= 15 is 0 Å². The lowest BCUT2D eigenvalue weighted by atomic mass is 10.4. The minimum absolute atomic E-state index is 0.0635. The monoisotopic (exact) mass is 176 g/mol. The van der Waals surface area contributed by atoms with E-state index in [1.807, 2.05) is 0 Å². The first-order chi connectivity index (χ1) is 5.14. The van der Waals surface area contributed by atoms with Crippen LogP contribution in [0.3, 0.4) is 0 Å². The normalized spacial score (nSPS) is 42.5. The van der Waals surface area contributed by atoms with E-state index in [-0.39, 0.29) is 4.87 Å². The van der Waals surface area contributed by atoms with Crippen LogP contribution in [0.2, 0.25) is 0 Å². The Morgan fingerprint density at radius 1 is 1.18 bits per heavy atom. The molecule has 11 heavy (non-hydrogen) atoms. The van der Waals surface area contributed by atoms with Crippen molar-refractivity contribution < 1.29 is 0 Å². The number of hydrogen-bond acceptors (Lipinski definition) is 2. The summed E-state index contributed by atoms with van der Waals surface area (Å²) in [6.45, 7) is 8.28. The van der Waals surface area contributed by atoms with Crippen LogP contribution >= 0.6 is 11.6 Å². The van der Waals surface area contributed by atoms with E-state index in [2.05, 4.69) is 31.4 Å². The van der Waals surface area contributed by atoms with Crippen LogP contribution < -0.4 is 10.6 Å². The van der Waals surface area contributed by atoms with Crippen molar-refractivity contribution in [3.05, 3.63) is 0 Å². The Labute approximate surface area is 73.7 Å². The Hall–Kier alpha value is 0.210. The summed E-state index contributed by atoms with van der Waals surface area (Å²) in [6.07, 6.45) is 0. The average Bonchev–Trinajstić information content (AvgIpc) is 2.41. The molecule has 0 heterocycles. The van der Waals surface area contributed by atoms with Gasteiger partial charge < -0.3 is 10.6 Å². The second kappa shape index (κ2) is 3.30. The van der Waals surface area contributed by atoms with Crippen molar-refractivity contribution >= 4 is 11.6 Å². The van der Waals surface area contributed by atoms with Gasteiger partial charge in [-0.05, 0) is 20.0 Å². The molecule has 1 saturated carbocycles. The summed E-state index contributed by atoms with van der Waals surface area (Å²) in [6, 6.07) is 0.906. The summed E-state index contributed by atoms with van der Waals surface area (Å²) in [5, 5.41) is 6.70. The van der Waals surface area contributed by atoms with E-state index in [9.17, 15) is 0 Å². The van der Waals surface area contributed by atoms with Crippen molar-refractivity contribution in [1.29, 1.82) is 0 Å². The van der Waals surface area contributed by atoms with Gasteiger partial charge >= 0.3 is 0 Å². The van der Waals surface area contributed by atoms with Gasteiger partial charge in [0.2, 0.25) is 0 Å². The molecule has 0 bridgehead atoms. The second-order valence-corrected chi connectivity index (χ2v) is 4.04. The molecule has 1 aliphatic rings. The number of halogens is 1. The lowest BCUT2D eigenvalue weighted by Gasteiger charge is -1.98. The summed E-state index contributed by atoms with van der Waals surface area (Å²) in [5.41, 5.74) is 0. The lowest BCUT2D eigenvalue weighted by Crippen LogP contribution is -2.26. The summed E-state index contributed by atoms with van der Waals surface area (Å²) in [7, 11) is 0. The van der Waals surface area contributed by atoms with Gasteiger partial charge in [0.05, 0.1) is 4.87 Å². The van der Waals surface area contributed by atoms with Gasteiger partial charge in [-0.25, -0.2) is 0 Å². The summed E-state index contributed by atoms with van der Waals surface area (Å²) in [4.78, 5) is -0.0635. The van der Waals surface area contributed by atoms with Crippen LogP contribution in [0.15, 0.2) is 0 Å². The topological polar surface area (TPSA) is 24.1 Å². The molecule has 0 aromatic carbocycles. The van der Waals surface area contributed by atoms with Gasteiger partial charge in [-0.15, -0.1) is 11.6 Å². The maximum absolute atomic E-state index is 6.21. The number of alkyl halides is 1. The summed E-state index contributed by atoms with van der Waals surface area (Å²) >= 11 is 6.21. The molecule has 0 amide bonds. The van der Waals surface area contributed by atoms with Gasteiger partial charge in [-0.1, -0.05) is 13.8 Å². The second-order valence-electron chi connectivity index (χ2n) is 3.22. The lowest BCUT2D eigenvalue weighted by molar-refractivity contribution is 0.633. The Morgan fingerprint density at radius 3 is 1.82 bits per heavy atom. The Bertz CT molecular complexity index is 122. The molecular formula is C8H17ClN2. The smallest absolute Gasteiger partial charge is 0.0755 e. The van der Waals surface area contributed by atoms with Crippen molar-refractivity contribution in [1.82, 2.24) is 10.6 Å². The van der Waals surface area contributed by atoms with Crippen LogP contribution in [-0.4, -0.2) is 30.0 Å².